The Hall–Kier alpha value is -0.780. The zero-order valence-electron chi connectivity index (χ0n) is 11.5. The Bertz CT molecular complexity index is 606. The molecular formula is C14H14BrCl2NO3. The number of benzene rings is 1. The molecule has 0 aromatic heterocycles. The second kappa shape index (κ2) is 5.78. The number of amides is 1. The fourth-order valence-electron chi connectivity index (χ4n) is 1.82. The number of alkyl halides is 2. The van der Waals surface area contributed by atoms with Crippen molar-refractivity contribution < 1.29 is 14.3 Å². The Kier molecular flexibility index (Phi) is 4.57. The molecule has 1 saturated carbocycles. The second-order valence-corrected chi connectivity index (χ2v) is 7.66. The average molecular weight is 395 g/mol. The molecule has 1 aliphatic carbocycles. The number of anilines is 1. The van der Waals surface area contributed by atoms with Crippen molar-refractivity contribution in [2.45, 2.75) is 24.6 Å². The van der Waals surface area contributed by atoms with E-state index in [4.69, 9.17) is 27.9 Å². The van der Waals surface area contributed by atoms with Crippen molar-refractivity contribution in [1.29, 1.82) is 0 Å². The van der Waals surface area contributed by atoms with E-state index in [-0.39, 0.29) is 6.61 Å². The lowest BCUT2D eigenvalue weighted by atomic mass is 10.1. The highest BCUT2D eigenvalue weighted by molar-refractivity contribution is 9.10. The minimum Gasteiger partial charge on any atom is -0.455 e. The highest BCUT2D eigenvalue weighted by Gasteiger charge is 2.69. The van der Waals surface area contributed by atoms with Gasteiger partial charge in [0, 0.05) is 10.9 Å². The molecule has 1 aromatic carbocycles. The molecule has 2 rings (SSSR count). The molecule has 0 unspecified atom stereocenters. The van der Waals surface area contributed by atoms with E-state index in [1.165, 1.54) is 0 Å². The number of hydrogen-bond donors (Lipinski definition) is 1. The summed E-state index contributed by atoms with van der Waals surface area (Å²) in [6, 6.07) is 5.51. The third kappa shape index (κ3) is 3.52. The fourth-order valence-corrected chi connectivity index (χ4v) is 3.10. The van der Waals surface area contributed by atoms with Gasteiger partial charge in [-0.2, -0.15) is 0 Å². The van der Waals surface area contributed by atoms with Gasteiger partial charge in [-0.25, -0.2) is 0 Å². The Morgan fingerprint density at radius 3 is 2.57 bits per heavy atom. The van der Waals surface area contributed by atoms with Crippen LogP contribution in [0.5, 0.6) is 0 Å². The number of halogens is 3. The van der Waals surface area contributed by atoms with Crippen molar-refractivity contribution in [2.75, 3.05) is 11.9 Å². The molecule has 0 aliphatic heterocycles. The van der Waals surface area contributed by atoms with E-state index in [2.05, 4.69) is 21.2 Å². The van der Waals surface area contributed by atoms with Crippen molar-refractivity contribution in [3.8, 4) is 0 Å². The van der Waals surface area contributed by atoms with Gasteiger partial charge >= 0.3 is 5.97 Å². The summed E-state index contributed by atoms with van der Waals surface area (Å²) < 4.78 is 4.63. The fraction of sp³-hybridized carbons (Fsp3) is 0.429. The minimum atomic E-state index is -1.10. The highest BCUT2D eigenvalue weighted by atomic mass is 79.9. The summed E-state index contributed by atoms with van der Waals surface area (Å²) in [6.07, 6.45) is 0.326. The SMILES string of the molecule is Cc1ccc(NC(=O)COC(=O)[C@@]2(C)CC2(Cl)Cl)c(Br)c1. The Morgan fingerprint density at radius 2 is 2.05 bits per heavy atom. The van der Waals surface area contributed by atoms with Gasteiger partial charge in [-0.15, -0.1) is 23.2 Å². The van der Waals surface area contributed by atoms with E-state index in [9.17, 15) is 9.59 Å². The van der Waals surface area contributed by atoms with Crippen LogP contribution in [0.2, 0.25) is 0 Å². The van der Waals surface area contributed by atoms with Crippen molar-refractivity contribution >= 4 is 56.7 Å². The molecular weight excluding hydrogens is 381 g/mol. The molecule has 1 atom stereocenters. The molecule has 114 valence electrons. The first-order valence-corrected chi connectivity index (χ1v) is 7.82. The highest BCUT2D eigenvalue weighted by Crippen LogP contribution is 2.64. The number of esters is 1. The predicted octanol–water partition coefficient (Wildman–Crippen LogP) is 3.82. The van der Waals surface area contributed by atoms with Crippen LogP contribution in [0.15, 0.2) is 22.7 Å². The maximum Gasteiger partial charge on any atom is 0.315 e. The van der Waals surface area contributed by atoms with Gasteiger partial charge in [-0.1, -0.05) is 6.07 Å². The molecule has 1 aromatic rings. The molecule has 0 spiro atoms. The smallest absolute Gasteiger partial charge is 0.315 e. The number of carbonyl (C=O) groups is 2. The zero-order chi connectivity index (χ0) is 15.8. The van der Waals surface area contributed by atoms with Gasteiger partial charge in [0.05, 0.1) is 5.69 Å². The molecule has 4 nitrogen and oxygen atoms in total. The first-order chi connectivity index (χ1) is 9.65. The maximum atomic E-state index is 11.8. The normalized spacial score (nSPS) is 22.5. The van der Waals surface area contributed by atoms with Gasteiger partial charge in [-0.3, -0.25) is 9.59 Å². The maximum absolute atomic E-state index is 11.8. The van der Waals surface area contributed by atoms with Crippen molar-refractivity contribution in [3.05, 3.63) is 28.2 Å². The number of carbonyl (C=O) groups excluding carboxylic acids is 2. The van der Waals surface area contributed by atoms with Crippen LogP contribution in [0.4, 0.5) is 5.69 Å². The average Bonchev–Trinajstić information content (AvgIpc) is 2.90. The number of aryl methyl sites for hydroxylation is 1. The van der Waals surface area contributed by atoms with Crippen LogP contribution in [0.25, 0.3) is 0 Å². The third-order valence-electron chi connectivity index (χ3n) is 3.44. The van der Waals surface area contributed by atoms with Crippen molar-refractivity contribution in [2.24, 2.45) is 5.41 Å². The summed E-state index contributed by atoms with van der Waals surface area (Å²) in [5.74, 6) is -0.988. The second-order valence-electron chi connectivity index (χ2n) is 5.32. The summed E-state index contributed by atoms with van der Waals surface area (Å²) in [5, 5.41) is 2.66. The molecule has 1 amide bonds. The standard InChI is InChI=1S/C14H14BrCl2NO3/c1-8-3-4-10(9(15)5-8)18-11(19)6-21-12(20)13(2)7-14(13,16)17/h3-5H,6-7H2,1-2H3,(H,18,19)/t13-/m1/s1. The molecule has 1 fully saturated rings. The van der Waals surface area contributed by atoms with E-state index < -0.39 is 21.6 Å². The van der Waals surface area contributed by atoms with Crippen LogP contribution >= 0.6 is 39.1 Å². The molecule has 7 heteroatoms. The Balaban J connectivity index is 1.87. The number of nitrogens with one attached hydrogen (secondary N) is 1. The van der Waals surface area contributed by atoms with Gasteiger partial charge in [0.15, 0.2) is 6.61 Å². The van der Waals surface area contributed by atoms with Crippen molar-refractivity contribution in [3.63, 3.8) is 0 Å². The lowest BCUT2D eigenvalue weighted by Crippen LogP contribution is -2.26. The van der Waals surface area contributed by atoms with Crippen molar-refractivity contribution in [1.82, 2.24) is 0 Å². The summed E-state index contributed by atoms with van der Waals surface area (Å²) in [7, 11) is 0. The van der Waals surface area contributed by atoms with Crippen LogP contribution < -0.4 is 5.32 Å². The largest absolute Gasteiger partial charge is 0.455 e. The van der Waals surface area contributed by atoms with Gasteiger partial charge in [-0.05, 0) is 47.5 Å². The summed E-state index contributed by atoms with van der Waals surface area (Å²) >= 11 is 15.1. The van der Waals surface area contributed by atoms with Gasteiger partial charge < -0.3 is 10.1 Å². The van der Waals surface area contributed by atoms with Crippen LogP contribution in [-0.4, -0.2) is 22.8 Å². The zero-order valence-corrected chi connectivity index (χ0v) is 14.6. The lowest BCUT2D eigenvalue weighted by molar-refractivity contribution is -0.152. The molecule has 0 bridgehead atoms. The lowest BCUT2D eigenvalue weighted by Gasteiger charge is -2.12. The van der Waals surface area contributed by atoms with Gasteiger partial charge in [0.2, 0.25) is 0 Å². The topological polar surface area (TPSA) is 55.4 Å². The summed E-state index contributed by atoms with van der Waals surface area (Å²) in [5.41, 5.74) is 0.748. The molecule has 1 N–H and O–H groups in total. The monoisotopic (exact) mass is 393 g/mol. The quantitative estimate of drug-likeness (QED) is 0.623. The van der Waals surface area contributed by atoms with Crippen LogP contribution in [0.3, 0.4) is 0 Å². The third-order valence-corrected chi connectivity index (χ3v) is 5.20. The molecule has 1 aliphatic rings. The first-order valence-electron chi connectivity index (χ1n) is 6.27. The van der Waals surface area contributed by atoms with Gasteiger partial charge in [0.25, 0.3) is 5.91 Å². The van der Waals surface area contributed by atoms with Crippen LogP contribution in [0.1, 0.15) is 18.9 Å². The Morgan fingerprint density at radius 1 is 1.43 bits per heavy atom. The summed E-state index contributed by atoms with van der Waals surface area (Å²) in [6.45, 7) is 3.18. The van der Waals surface area contributed by atoms with E-state index in [1.807, 2.05) is 19.1 Å². The van der Waals surface area contributed by atoms with Crippen LogP contribution in [-0.2, 0) is 14.3 Å². The van der Waals surface area contributed by atoms with Crippen LogP contribution in [0, 0.1) is 12.3 Å². The predicted molar refractivity (Wildman–Crippen MR) is 85.6 cm³/mol. The first kappa shape index (κ1) is 16.6. The molecule has 21 heavy (non-hydrogen) atoms. The van der Waals surface area contributed by atoms with Gasteiger partial charge in [0.1, 0.15) is 9.75 Å². The molecule has 0 radical (unpaired) electrons. The minimum absolute atomic E-state index is 0.326. The Labute approximate surface area is 141 Å². The van der Waals surface area contributed by atoms with E-state index in [0.29, 0.717) is 12.1 Å². The molecule has 0 saturated heterocycles. The number of rotatable bonds is 4. The number of hydrogen-bond acceptors (Lipinski definition) is 3. The van der Waals surface area contributed by atoms with E-state index >= 15 is 0 Å². The van der Waals surface area contributed by atoms with E-state index in [0.717, 1.165) is 10.0 Å². The molecule has 0 heterocycles. The number of ether oxygens (including phenoxy) is 1. The summed E-state index contributed by atoms with van der Waals surface area (Å²) in [4.78, 5) is 23.6. The van der Waals surface area contributed by atoms with E-state index in [1.54, 1.807) is 13.0 Å².